The minimum absolute atomic E-state index is 0.717. The molecule has 0 atom stereocenters. The first-order valence-corrected chi connectivity index (χ1v) is 8.04. The minimum atomic E-state index is 0.717. The van der Waals surface area contributed by atoms with Gasteiger partial charge in [0.05, 0.1) is 6.61 Å². The third kappa shape index (κ3) is 7.88. The van der Waals surface area contributed by atoms with Gasteiger partial charge >= 0.3 is 0 Å². The summed E-state index contributed by atoms with van der Waals surface area (Å²) in [6, 6.07) is 8.14. The molecule has 0 bridgehead atoms. The number of guanidine groups is 1. The summed E-state index contributed by atoms with van der Waals surface area (Å²) in [5.41, 5.74) is 1.17. The standard InChI is InChI=1S/C17H29N3O2/c1-4-11-22-16-9-6-8-15(13-16)14-20-17(18-3)19-10-7-12-21-5-2/h6,8-9,13H,4-5,7,10-12,14H2,1-3H3,(H2,18,19,20). The van der Waals surface area contributed by atoms with Crippen molar-refractivity contribution in [3.63, 3.8) is 0 Å². The first-order valence-electron chi connectivity index (χ1n) is 8.04. The van der Waals surface area contributed by atoms with Crippen LogP contribution < -0.4 is 15.4 Å². The van der Waals surface area contributed by atoms with Crippen LogP contribution in [0.15, 0.2) is 29.3 Å². The van der Waals surface area contributed by atoms with Gasteiger partial charge in [0.15, 0.2) is 5.96 Å². The van der Waals surface area contributed by atoms with Gasteiger partial charge < -0.3 is 20.1 Å². The van der Waals surface area contributed by atoms with Crippen molar-refractivity contribution >= 4 is 5.96 Å². The van der Waals surface area contributed by atoms with E-state index in [0.717, 1.165) is 50.9 Å². The number of nitrogens with zero attached hydrogens (tertiary/aromatic N) is 1. The van der Waals surface area contributed by atoms with Crippen molar-refractivity contribution in [3.05, 3.63) is 29.8 Å². The Kier molecular flexibility index (Phi) is 9.87. The molecule has 0 aromatic heterocycles. The molecule has 5 nitrogen and oxygen atoms in total. The van der Waals surface area contributed by atoms with E-state index >= 15 is 0 Å². The van der Waals surface area contributed by atoms with Crippen molar-refractivity contribution in [2.24, 2.45) is 4.99 Å². The van der Waals surface area contributed by atoms with Crippen LogP contribution in [0.25, 0.3) is 0 Å². The lowest BCUT2D eigenvalue weighted by atomic mass is 10.2. The summed E-state index contributed by atoms with van der Waals surface area (Å²) >= 11 is 0. The van der Waals surface area contributed by atoms with Crippen LogP contribution in [-0.2, 0) is 11.3 Å². The number of hydrogen-bond acceptors (Lipinski definition) is 3. The Morgan fingerprint density at radius 2 is 2.05 bits per heavy atom. The second-order valence-electron chi connectivity index (χ2n) is 4.90. The van der Waals surface area contributed by atoms with Crippen LogP contribution in [0, 0.1) is 0 Å². The van der Waals surface area contributed by atoms with Crippen LogP contribution in [0.3, 0.4) is 0 Å². The number of ether oxygens (including phenoxy) is 2. The van der Waals surface area contributed by atoms with Gasteiger partial charge in [-0.05, 0) is 37.5 Å². The van der Waals surface area contributed by atoms with E-state index in [2.05, 4.69) is 34.7 Å². The van der Waals surface area contributed by atoms with Crippen LogP contribution in [0.2, 0.25) is 0 Å². The minimum Gasteiger partial charge on any atom is -0.494 e. The molecule has 5 heteroatoms. The van der Waals surface area contributed by atoms with E-state index in [1.807, 2.05) is 19.1 Å². The van der Waals surface area contributed by atoms with Crippen molar-refractivity contribution in [2.45, 2.75) is 33.2 Å². The smallest absolute Gasteiger partial charge is 0.191 e. The average molecular weight is 307 g/mol. The molecule has 0 amide bonds. The van der Waals surface area contributed by atoms with Gasteiger partial charge in [-0.3, -0.25) is 4.99 Å². The van der Waals surface area contributed by atoms with Gasteiger partial charge in [-0.15, -0.1) is 0 Å². The van der Waals surface area contributed by atoms with Crippen LogP contribution >= 0.6 is 0 Å². The quantitative estimate of drug-likeness (QED) is 0.396. The second-order valence-corrected chi connectivity index (χ2v) is 4.90. The monoisotopic (exact) mass is 307 g/mol. The summed E-state index contributed by atoms with van der Waals surface area (Å²) in [6.45, 7) is 7.97. The molecule has 0 aliphatic heterocycles. The lowest BCUT2D eigenvalue weighted by Gasteiger charge is -2.12. The molecule has 0 aliphatic rings. The predicted octanol–water partition coefficient (Wildman–Crippen LogP) is 2.57. The van der Waals surface area contributed by atoms with Crippen molar-refractivity contribution in [1.29, 1.82) is 0 Å². The number of hydrogen-bond donors (Lipinski definition) is 2. The molecular weight excluding hydrogens is 278 g/mol. The Labute approximate surface area is 134 Å². The fourth-order valence-electron chi connectivity index (χ4n) is 1.90. The first kappa shape index (κ1) is 18.3. The SMILES string of the molecule is CCCOc1cccc(CNC(=NC)NCCCOCC)c1. The molecule has 22 heavy (non-hydrogen) atoms. The summed E-state index contributed by atoms with van der Waals surface area (Å²) in [5.74, 6) is 1.72. The van der Waals surface area contributed by atoms with Crippen molar-refractivity contribution < 1.29 is 9.47 Å². The van der Waals surface area contributed by atoms with Gasteiger partial charge in [0, 0.05) is 33.4 Å². The van der Waals surface area contributed by atoms with Gasteiger partial charge in [0.25, 0.3) is 0 Å². The van der Waals surface area contributed by atoms with Crippen molar-refractivity contribution in [1.82, 2.24) is 10.6 Å². The molecule has 0 radical (unpaired) electrons. The lowest BCUT2D eigenvalue weighted by molar-refractivity contribution is 0.145. The van der Waals surface area contributed by atoms with Crippen LogP contribution in [0.5, 0.6) is 5.75 Å². The highest BCUT2D eigenvalue weighted by Crippen LogP contribution is 2.13. The summed E-state index contributed by atoms with van der Waals surface area (Å²) in [6.07, 6.45) is 1.98. The van der Waals surface area contributed by atoms with Gasteiger partial charge in [-0.1, -0.05) is 19.1 Å². The summed E-state index contributed by atoms with van der Waals surface area (Å²) in [5, 5.41) is 6.58. The third-order valence-corrected chi connectivity index (χ3v) is 3.02. The van der Waals surface area contributed by atoms with E-state index in [9.17, 15) is 0 Å². The van der Waals surface area contributed by atoms with E-state index in [1.165, 1.54) is 5.56 Å². The molecule has 1 rings (SSSR count). The van der Waals surface area contributed by atoms with E-state index in [-0.39, 0.29) is 0 Å². The van der Waals surface area contributed by atoms with E-state index in [4.69, 9.17) is 9.47 Å². The van der Waals surface area contributed by atoms with Gasteiger partial charge in [0.2, 0.25) is 0 Å². The zero-order valence-corrected chi connectivity index (χ0v) is 14.0. The molecule has 0 heterocycles. The third-order valence-electron chi connectivity index (χ3n) is 3.02. The predicted molar refractivity (Wildman–Crippen MR) is 91.5 cm³/mol. The average Bonchev–Trinajstić information content (AvgIpc) is 2.56. The number of benzene rings is 1. The van der Waals surface area contributed by atoms with Crippen molar-refractivity contribution in [2.75, 3.05) is 33.4 Å². The number of rotatable bonds is 10. The zero-order chi connectivity index (χ0) is 16.0. The Morgan fingerprint density at radius 1 is 1.18 bits per heavy atom. The Bertz CT molecular complexity index is 436. The number of aliphatic imine (C=N–C) groups is 1. The molecular formula is C17H29N3O2. The maximum absolute atomic E-state index is 5.64. The summed E-state index contributed by atoms with van der Waals surface area (Å²) in [4.78, 5) is 4.22. The Balaban J connectivity index is 2.33. The molecule has 0 saturated heterocycles. The molecule has 2 N–H and O–H groups in total. The molecule has 0 aliphatic carbocycles. The van der Waals surface area contributed by atoms with E-state index in [1.54, 1.807) is 7.05 Å². The van der Waals surface area contributed by atoms with Crippen molar-refractivity contribution in [3.8, 4) is 5.75 Å². The fraction of sp³-hybridized carbons (Fsp3) is 0.588. The Morgan fingerprint density at radius 3 is 2.77 bits per heavy atom. The van der Waals surface area contributed by atoms with Crippen LogP contribution in [-0.4, -0.2) is 39.4 Å². The Hall–Kier alpha value is -1.75. The largest absolute Gasteiger partial charge is 0.494 e. The first-order chi connectivity index (χ1) is 10.8. The maximum Gasteiger partial charge on any atom is 0.191 e. The van der Waals surface area contributed by atoms with Crippen LogP contribution in [0.1, 0.15) is 32.3 Å². The highest BCUT2D eigenvalue weighted by molar-refractivity contribution is 5.79. The summed E-state index contributed by atoms with van der Waals surface area (Å²) < 4.78 is 11.0. The highest BCUT2D eigenvalue weighted by atomic mass is 16.5. The van der Waals surface area contributed by atoms with E-state index < -0.39 is 0 Å². The summed E-state index contributed by atoms with van der Waals surface area (Å²) in [7, 11) is 1.78. The maximum atomic E-state index is 5.64. The van der Waals surface area contributed by atoms with Gasteiger partial charge in [0.1, 0.15) is 5.75 Å². The molecule has 1 aromatic carbocycles. The molecule has 0 spiro atoms. The second kappa shape index (κ2) is 11.9. The number of nitrogens with one attached hydrogen (secondary N) is 2. The zero-order valence-electron chi connectivity index (χ0n) is 14.0. The topological polar surface area (TPSA) is 54.9 Å². The van der Waals surface area contributed by atoms with E-state index in [0.29, 0.717) is 6.54 Å². The molecule has 0 fully saturated rings. The molecule has 1 aromatic rings. The molecule has 124 valence electrons. The van der Waals surface area contributed by atoms with Gasteiger partial charge in [-0.2, -0.15) is 0 Å². The molecule has 0 saturated carbocycles. The molecule has 0 unspecified atom stereocenters. The van der Waals surface area contributed by atoms with Gasteiger partial charge in [-0.25, -0.2) is 0 Å². The fourth-order valence-corrected chi connectivity index (χ4v) is 1.90. The lowest BCUT2D eigenvalue weighted by Crippen LogP contribution is -2.37. The highest BCUT2D eigenvalue weighted by Gasteiger charge is 2.00. The normalized spacial score (nSPS) is 11.3. The van der Waals surface area contributed by atoms with Crippen LogP contribution in [0.4, 0.5) is 0 Å².